The normalized spacial score (nSPS) is 10.8. The van der Waals surface area contributed by atoms with Gasteiger partial charge in [0.15, 0.2) is 11.5 Å². The van der Waals surface area contributed by atoms with Crippen LogP contribution in [0.3, 0.4) is 0 Å². The summed E-state index contributed by atoms with van der Waals surface area (Å²) in [6, 6.07) is 5.71. The van der Waals surface area contributed by atoms with Gasteiger partial charge in [-0.05, 0) is 18.2 Å². The van der Waals surface area contributed by atoms with E-state index in [1.807, 2.05) is 28.0 Å². The molecule has 3 rings (SSSR count). The lowest BCUT2D eigenvalue weighted by Gasteiger charge is -2.09. The first-order valence-electron chi connectivity index (χ1n) is 5.55. The van der Waals surface area contributed by atoms with Crippen molar-refractivity contribution in [2.24, 2.45) is 0 Å². The molecule has 0 atom stereocenters. The average Bonchev–Trinajstić information content (AvgIpc) is 3.01. The number of anilines is 1. The average molecular weight is 276 g/mol. The molecular weight excluding hydrogens is 264 g/mol. The Morgan fingerprint density at radius 2 is 1.95 bits per heavy atom. The zero-order valence-electron chi connectivity index (χ0n) is 10.5. The van der Waals surface area contributed by atoms with E-state index >= 15 is 0 Å². The second kappa shape index (κ2) is 4.43. The zero-order chi connectivity index (χ0) is 13.4. The first kappa shape index (κ1) is 11.8. The van der Waals surface area contributed by atoms with Crippen LogP contribution in [0.2, 0.25) is 0 Å². The van der Waals surface area contributed by atoms with Crippen molar-refractivity contribution in [2.75, 3.05) is 20.0 Å². The largest absolute Gasteiger partial charge is 0.493 e. The molecule has 0 aliphatic rings. The predicted molar refractivity (Wildman–Crippen MR) is 73.8 cm³/mol. The number of thiazole rings is 1. The van der Waals surface area contributed by atoms with Crippen molar-refractivity contribution in [3.05, 3.63) is 23.6 Å². The number of fused-ring (bicyclic) bond motifs is 1. The molecule has 0 amide bonds. The van der Waals surface area contributed by atoms with Crippen molar-refractivity contribution in [2.45, 2.75) is 0 Å². The third kappa shape index (κ3) is 1.78. The van der Waals surface area contributed by atoms with Crippen molar-refractivity contribution < 1.29 is 9.47 Å². The van der Waals surface area contributed by atoms with Gasteiger partial charge in [-0.25, -0.2) is 0 Å². The lowest BCUT2D eigenvalue weighted by molar-refractivity contribution is 0.355. The second-order valence-electron chi connectivity index (χ2n) is 3.87. The monoisotopic (exact) mass is 276 g/mol. The summed E-state index contributed by atoms with van der Waals surface area (Å²) in [5.41, 5.74) is 7.73. The first-order chi connectivity index (χ1) is 9.24. The Morgan fingerprint density at radius 3 is 2.68 bits per heavy atom. The van der Waals surface area contributed by atoms with Gasteiger partial charge < -0.3 is 15.2 Å². The van der Waals surface area contributed by atoms with Gasteiger partial charge in [0, 0.05) is 10.9 Å². The van der Waals surface area contributed by atoms with Gasteiger partial charge in [0.05, 0.1) is 19.9 Å². The fraction of sp³-hybridized carbons (Fsp3) is 0.167. The van der Waals surface area contributed by atoms with Crippen LogP contribution in [0.25, 0.3) is 16.2 Å². The van der Waals surface area contributed by atoms with Crippen LogP contribution < -0.4 is 15.2 Å². The standard InChI is InChI=1S/C12H12N4O2S/c1-17-9-4-3-7(5-10(9)18-2)8-6-19-12-15-14-11(13)16(8)12/h3-6H,1-2H3,(H2,13,14). The Hall–Kier alpha value is -2.28. The number of nitrogen functional groups attached to an aromatic ring is 1. The molecule has 2 aromatic heterocycles. The SMILES string of the molecule is COc1ccc(-c2csc3nnc(N)n23)cc1OC. The second-order valence-corrected chi connectivity index (χ2v) is 4.70. The van der Waals surface area contributed by atoms with Gasteiger partial charge >= 0.3 is 0 Å². The maximum atomic E-state index is 5.83. The van der Waals surface area contributed by atoms with E-state index in [1.54, 1.807) is 14.2 Å². The topological polar surface area (TPSA) is 74.7 Å². The van der Waals surface area contributed by atoms with Crippen molar-refractivity contribution in [3.8, 4) is 22.8 Å². The lowest BCUT2D eigenvalue weighted by Crippen LogP contribution is -1.96. The number of nitrogens with zero attached hydrogens (tertiary/aromatic N) is 3. The summed E-state index contributed by atoms with van der Waals surface area (Å²) < 4.78 is 12.3. The van der Waals surface area contributed by atoms with E-state index in [0.29, 0.717) is 17.4 Å². The third-order valence-electron chi connectivity index (χ3n) is 2.85. The molecule has 0 bridgehead atoms. The van der Waals surface area contributed by atoms with Gasteiger partial charge in [-0.2, -0.15) is 0 Å². The summed E-state index contributed by atoms with van der Waals surface area (Å²) in [6.45, 7) is 0. The van der Waals surface area contributed by atoms with Crippen molar-refractivity contribution in [1.82, 2.24) is 14.6 Å². The fourth-order valence-corrected chi connectivity index (χ4v) is 2.78. The van der Waals surface area contributed by atoms with Crippen LogP contribution >= 0.6 is 11.3 Å². The Labute approximate surface area is 113 Å². The molecular formula is C12H12N4O2S. The maximum absolute atomic E-state index is 5.83. The summed E-state index contributed by atoms with van der Waals surface area (Å²) in [5, 5.41) is 9.84. The molecule has 0 radical (unpaired) electrons. The third-order valence-corrected chi connectivity index (χ3v) is 3.67. The number of hydrogen-bond donors (Lipinski definition) is 1. The van der Waals surface area contributed by atoms with Crippen molar-refractivity contribution >= 4 is 22.2 Å². The molecule has 2 heterocycles. The van der Waals surface area contributed by atoms with E-state index in [-0.39, 0.29) is 0 Å². The van der Waals surface area contributed by atoms with Gasteiger partial charge in [-0.3, -0.25) is 4.40 Å². The maximum Gasteiger partial charge on any atom is 0.227 e. The fourth-order valence-electron chi connectivity index (χ4n) is 1.94. The summed E-state index contributed by atoms with van der Waals surface area (Å²) in [7, 11) is 3.22. The summed E-state index contributed by atoms with van der Waals surface area (Å²) >= 11 is 1.49. The van der Waals surface area contributed by atoms with Crippen LogP contribution in [0.5, 0.6) is 11.5 Å². The number of nitrogens with two attached hydrogens (primary N) is 1. The molecule has 0 aliphatic heterocycles. The highest BCUT2D eigenvalue weighted by molar-refractivity contribution is 7.15. The number of aromatic nitrogens is 3. The molecule has 7 heteroatoms. The van der Waals surface area contributed by atoms with Gasteiger partial charge in [-0.1, -0.05) is 0 Å². The van der Waals surface area contributed by atoms with Crippen LogP contribution in [0, 0.1) is 0 Å². The van der Waals surface area contributed by atoms with Crippen LogP contribution in [0.1, 0.15) is 0 Å². The molecule has 6 nitrogen and oxygen atoms in total. The molecule has 0 fully saturated rings. The van der Waals surface area contributed by atoms with Gasteiger partial charge in [-0.15, -0.1) is 21.5 Å². The predicted octanol–water partition coefficient (Wildman–Crippen LogP) is 2.06. The number of rotatable bonds is 3. The number of methoxy groups -OCH3 is 2. The highest BCUT2D eigenvalue weighted by Gasteiger charge is 2.13. The van der Waals surface area contributed by atoms with E-state index in [2.05, 4.69) is 10.2 Å². The van der Waals surface area contributed by atoms with Gasteiger partial charge in [0.25, 0.3) is 0 Å². The van der Waals surface area contributed by atoms with Crippen LogP contribution in [0.15, 0.2) is 23.6 Å². The molecule has 98 valence electrons. The zero-order valence-corrected chi connectivity index (χ0v) is 11.3. The minimum atomic E-state index is 0.376. The number of benzene rings is 1. The molecule has 3 aromatic rings. The quantitative estimate of drug-likeness (QED) is 0.792. The van der Waals surface area contributed by atoms with Crippen LogP contribution in [-0.2, 0) is 0 Å². The van der Waals surface area contributed by atoms with Crippen molar-refractivity contribution in [3.63, 3.8) is 0 Å². The smallest absolute Gasteiger partial charge is 0.227 e. The minimum absolute atomic E-state index is 0.376. The molecule has 2 N–H and O–H groups in total. The Morgan fingerprint density at radius 1 is 1.16 bits per heavy atom. The van der Waals surface area contributed by atoms with E-state index in [1.165, 1.54) is 11.3 Å². The number of hydrogen-bond acceptors (Lipinski definition) is 6. The van der Waals surface area contributed by atoms with Crippen molar-refractivity contribution in [1.29, 1.82) is 0 Å². The lowest BCUT2D eigenvalue weighted by atomic mass is 10.1. The van der Waals surface area contributed by atoms with Gasteiger partial charge in [0.2, 0.25) is 10.9 Å². The van der Waals surface area contributed by atoms with Crippen LogP contribution in [-0.4, -0.2) is 28.8 Å². The number of ether oxygens (including phenoxy) is 2. The van der Waals surface area contributed by atoms with Gasteiger partial charge in [0.1, 0.15) is 0 Å². The Kier molecular flexibility index (Phi) is 2.75. The molecule has 19 heavy (non-hydrogen) atoms. The highest BCUT2D eigenvalue weighted by Crippen LogP contribution is 2.34. The Balaban J connectivity index is 2.18. The summed E-state index contributed by atoms with van der Waals surface area (Å²) in [4.78, 5) is 0.766. The van der Waals surface area contributed by atoms with E-state index in [4.69, 9.17) is 15.2 Å². The van der Waals surface area contributed by atoms with E-state index in [9.17, 15) is 0 Å². The highest BCUT2D eigenvalue weighted by atomic mass is 32.1. The van der Waals surface area contributed by atoms with E-state index < -0.39 is 0 Å². The molecule has 0 saturated carbocycles. The molecule has 0 aliphatic carbocycles. The summed E-state index contributed by atoms with van der Waals surface area (Å²) in [6.07, 6.45) is 0. The molecule has 0 unspecified atom stereocenters. The molecule has 0 saturated heterocycles. The summed E-state index contributed by atoms with van der Waals surface area (Å²) in [5.74, 6) is 1.74. The van der Waals surface area contributed by atoms with E-state index in [0.717, 1.165) is 16.2 Å². The van der Waals surface area contributed by atoms with Crippen LogP contribution in [0.4, 0.5) is 5.95 Å². The molecule has 1 aromatic carbocycles. The Bertz CT molecular complexity index is 734. The first-order valence-corrected chi connectivity index (χ1v) is 6.43. The minimum Gasteiger partial charge on any atom is -0.493 e. The molecule has 0 spiro atoms.